The third-order valence-electron chi connectivity index (χ3n) is 2.27. The zero-order valence-electron chi connectivity index (χ0n) is 9.07. The third kappa shape index (κ3) is 2.70. The zero-order valence-corrected chi connectivity index (χ0v) is 9.88. The number of nitrogens with one attached hydrogen (secondary N) is 1. The van der Waals surface area contributed by atoms with E-state index >= 15 is 0 Å². The van der Waals surface area contributed by atoms with E-state index in [-0.39, 0.29) is 5.91 Å². The lowest BCUT2D eigenvalue weighted by Crippen LogP contribution is -2.18. The molecule has 0 bridgehead atoms. The van der Waals surface area contributed by atoms with Crippen LogP contribution in [-0.2, 0) is 11.3 Å². The Labute approximate surface area is 98.9 Å². The van der Waals surface area contributed by atoms with Gasteiger partial charge in [-0.15, -0.1) is 11.3 Å². The van der Waals surface area contributed by atoms with Crippen LogP contribution in [-0.4, -0.2) is 5.91 Å². The number of thiophene rings is 1. The molecule has 0 aliphatic heterocycles. The minimum Gasteiger partial charge on any atom is -0.352 e. The molecule has 2 nitrogen and oxygen atoms in total. The molecule has 82 valence electrons. The van der Waals surface area contributed by atoms with Gasteiger partial charge in [-0.25, -0.2) is 0 Å². The normalized spacial score (nSPS) is 10.1. The second-order valence-electron chi connectivity index (χ2n) is 3.59. The first-order valence-corrected chi connectivity index (χ1v) is 6.01. The summed E-state index contributed by atoms with van der Waals surface area (Å²) in [5.41, 5.74) is 2.33. The Hall–Kier alpha value is -1.61. The van der Waals surface area contributed by atoms with Crippen molar-refractivity contribution in [3.05, 3.63) is 47.3 Å². The summed E-state index contributed by atoms with van der Waals surface area (Å²) in [6, 6.07) is 12.4. The minimum absolute atomic E-state index is 0.00141. The standard InChI is InChI=1S/C13H13NOS/c1-10(15)14-9-11-4-2-5-12(8-11)13-6-3-7-16-13/h2-8H,9H2,1H3,(H,14,15). The van der Waals surface area contributed by atoms with Gasteiger partial charge in [-0.1, -0.05) is 24.3 Å². The van der Waals surface area contributed by atoms with Crippen molar-refractivity contribution in [3.63, 3.8) is 0 Å². The monoisotopic (exact) mass is 231 g/mol. The molecule has 2 rings (SSSR count). The highest BCUT2D eigenvalue weighted by atomic mass is 32.1. The fourth-order valence-electron chi connectivity index (χ4n) is 1.50. The van der Waals surface area contributed by atoms with Gasteiger partial charge in [-0.2, -0.15) is 0 Å². The first-order chi connectivity index (χ1) is 7.75. The molecule has 2 aromatic rings. The highest BCUT2D eigenvalue weighted by Gasteiger charge is 2.00. The average Bonchev–Trinajstić information content (AvgIpc) is 2.80. The Balaban J connectivity index is 2.17. The van der Waals surface area contributed by atoms with Crippen LogP contribution in [0.1, 0.15) is 12.5 Å². The van der Waals surface area contributed by atoms with E-state index in [1.165, 1.54) is 17.4 Å². The Morgan fingerprint density at radius 3 is 2.88 bits per heavy atom. The van der Waals surface area contributed by atoms with E-state index in [0.29, 0.717) is 6.54 Å². The number of benzene rings is 1. The van der Waals surface area contributed by atoms with Gasteiger partial charge in [0, 0.05) is 18.3 Å². The Morgan fingerprint density at radius 2 is 2.19 bits per heavy atom. The summed E-state index contributed by atoms with van der Waals surface area (Å²) >= 11 is 1.72. The number of rotatable bonds is 3. The third-order valence-corrected chi connectivity index (χ3v) is 3.19. The molecule has 0 spiro atoms. The van der Waals surface area contributed by atoms with E-state index in [4.69, 9.17) is 0 Å². The fourth-order valence-corrected chi connectivity index (χ4v) is 2.23. The molecule has 16 heavy (non-hydrogen) atoms. The predicted octanol–water partition coefficient (Wildman–Crippen LogP) is 3.05. The quantitative estimate of drug-likeness (QED) is 0.864. The molecule has 0 radical (unpaired) electrons. The van der Waals surface area contributed by atoms with Gasteiger partial charge >= 0.3 is 0 Å². The maximum atomic E-state index is 10.8. The first kappa shape index (κ1) is 10.9. The van der Waals surface area contributed by atoms with E-state index < -0.39 is 0 Å². The molecular formula is C13H13NOS. The summed E-state index contributed by atoms with van der Waals surface area (Å²) in [7, 11) is 0. The van der Waals surface area contributed by atoms with Crippen molar-refractivity contribution < 1.29 is 4.79 Å². The summed E-state index contributed by atoms with van der Waals surface area (Å²) in [6.07, 6.45) is 0. The van der Waals surface area contributed by atoms with Crippen molar-refractivity contribution in [2.75, 3.05) is 0 Å². The molecule has 3 heteroatoms. The second kappa shape index (κ2) is 4.94. The van der Waals surface area contributed by atoms with Crippen LogP contribution in [0.4, 0.5) is 0 Å². The molecule has 0 saturated heterocycles. The molecule has 0 saturated carbocycles. The molecule has 0 aliphatic rings. The van der Waals surface area contributed by atoms with E-state index in [9.17, 15) is 4.79 Å². The van der Waals surface area contributed by atoms with Crippen LogP contribution in [0.2, 0.25) is 0 Å². The first-order valence-electron chi connectivity index (χ1n) is 5.13. The predicted molar refractivity (Wildman–Crippen MR) is 67.3 cm³/mol. The Morgan fingerprint density at radius 1 is 1.31 bits per heavy atom. The van der Waals surface area contributed by atoms with Crippen LogP contribution in [0, 0.1) is 0 Å². The summed E-state index contributed by atoms with van der Waals surface area (Å²) in [5.74, 6) is 0.00141. The van der Waals surface area contributed by atoms with Crippen LogP contribution >= 0.6 is 11.3 Å². The summed E-state index contributed by atoms with van der Waals surface area (Å²) in [6.45, 7) is 2.12. The lowest BCUT2D eigenvalue weighted by molar-refractivity contribution is -0.119. The smallest absolute Gasteiger partial charge is 0.217 e. The molecule has 0 atom stereocenters. The van der Waals surface area contributed by atoms with Gasteiger partial charge in [0.2, 0.25) is 5.91 Å². The van der Waals surface area contributed by atoms with Crippen molar-refractivity contribution in [1.29, 1.82) is 0 Å². The molecular weight excluding hydrogens is 218 g/mol. The van der Waals surface area contributed by atoms with Crippen molar-refractivity contribution in [2.24, 2.45) is 0 Å². The number of hydrogen-bond donors (Lipinski definition) is 1. The maximum absolute atomic E-state index is 10.8. The van der Waals surface area contributed by atoms with Crippen LogP contribution in [0.3, 0.4) is 0 Å². The van der Waals surface area contributed by atoms with E-state index in [2.05, 4.69) is 28.9 Å². The molecule has 1 aromatic carbocycles. The average molecular weight is 231 g/mol. The molecule has 1 N–H and O–H groups in total. The minimum atomic E-state index is 0.00141. The molecule has 1 aromatic heterocycles. The van der Waals surface area contributed by atoms with Crippen molar-refractivity contribution >= 4 is 17.2 Å². The van der Waals surface area contributed by atoms with E-state index in [0.717, 1.165) is 5.56 Å². The van der Waals surface area contributed by atoms with Gasteiger partial charge in [0.05, 0.1) is 0 Å². The largest absolute Gasteiger partial charge is 0.352 e. The number of hydrogen-bond acceptors (Lipinski definition) is 2. The maximum Gasteiger partial charge on any atom is 0.217 e. The van der Waals surface area contributed by atoms with Gasteiger partial charge in [0.1, 0.15) is 0 Å². The SMILES string of the molecule is CC(=O)NCc1cccc(-c2cccs2)c1. The lowest BCUT2D eigenvalue weighted by atomic mass is 10.1. The fraction of sp³-hybridized carbons (Fsp3) is 0.154. The van der Waals surface area contributed by atoms with Crippen molar-refractivity contribution in [3.8, 4) is 10.4 Å². The molecule has 0 aliphatic carbocycles. The summed E-state index contributed by atoms with van der Waals surface area (Å²) in [5, 5.41) is 4.86. The second-order valence-corrected chi connectivity index (χ2v) is 4.54. The van der Waals surface area contributed by atoms with Gasteiger partial charge in [-0.05, 0) is 28.6 Å². The van der Waals surface area contributed by atoms with Gasteiger partial charge in [-0.3, -0.25) is 4.79 Å². The van der Waals surface area contributed by atoms with E-state index in [1.54, 1.807) is 11.3 Å². The van der Waals surface area contributed by atoms with Gasteiger partial charge in [0.25, 0.3) is 0 Å². The highest BCUT2D eigenvalue weighted by molar-refractivity contribution is 7.13. The van der Waals surface area contributed by atoms with Crippen LogP contribution in [0.25, 0.3) is 10.4 Å². The summed E-state index contributed by atoms with van der Waals surface area (Å²) < 4.78 is 0. The molecule has 1 amide bonds. The Kier molecular flexibility index (Phi) is 3.37. The number of amides is 1. The summed E-state index contributed by atoms with van der Waals surface area (Å²) in [4.78, 5) is 12.1. The van der Waals surface area contributed by atoms with Crippen LogP contribution < -0.4 is 5.32 Å². The van der Waals surface area contributed by atoms with Crippen molar-refractivity contribution in [2.45, 2.75) is 13.5 Å². The van der Waals surface area contributed by atoms with Gasteiger partial charge < -0.3 is 5.32 Å². The van der Waals surface area contributed by atoms with Crippen LogP contribution in [0.5, 0.6) is 0 Å². The molecule has 0 fully saturated rings. The lowest BCUT2D eigenvalue weighted by Gasteiger charge is -2.04. The van der Waals surface area contributed by atoms with Crippen molar-refractivity contribution in [1.82, 2.24) is 5.32 Å². The van der Waals surface area contributed by atoms with E-state index in [1.807, 2.05) is 18.2 Å². The number of carbonyl (C=O) groups is 1. The van der Waals surface area contributed by atoms with Crippen LogP contribution in [0.15, 0.2) is 41.8 Å². The highest BCUT2D eigenvalue weighted by Crippen LogP contribution is 2.25. The molecule has 1 heterocycles. The molecule has 0 unspecified atom stereocenters. The topological polar surface area (TPSA) is 29.1 Å². The zero-order chi connectivity index (χ0) is 11.4. The Bertz CT molecular complexity index is 476. The number of carbonyl (C=O) groups excluding carboxylic acids is 1. The van der Waals surface area contributed by atoms with Gasteiger partial charge in [0.15, 0.2) is 0 Å².